The molecule has 1 aromatic heterocycles. The van der Waals surface area contributed by atoms with E-state index in [4.69, 9.17) is 5.73 Å². The highest BCUT2D eigenvalue weighted by Crippen LogP contribution is 2.01. The second kappa shape index (κ2) is 3.87. The van der Waals surface area contributed by atoms with Crippen LogP contribution in [0.4, 0.5) is 5.82 Å². The molecule has 66 valence electrons. The minimum atomic E-state index is -0.485. The molecule has 0 aliphatic heterocycles. The third kappa shape index (κ3) is 2.06. The molecule has 0 saturated heterocycles. The lowest BCUT2D eigenvalue weighted by Gasteiger charge is -2.06. The fourth-order valence-corrected chi connectivity index (χ4v) is 0.681. The van der Waals surface area contributed by atoms with Crippen LogP contribution in [0.1, 0.15) is 13.3 Å². The first-order chi connectivity index (χ1) is 5.74. The third-order valence-corrected chi connectivity index (χ3v) is 1.47. The van der Waals surface area contributed by atoms with Crippen LogP contribution in [0.3, 0.4) is 0 Å². The Labute approximate surface area is 69.9 Å². The summed E-state index contributed by atoms with van der Waals surface area (Å²) in [6.07, 6.45) is 1.98. The average Bonchev–Trinajstić information content (AvgIpc) is 2.55. The summed E-state index contributed by atoms with van der Waals surface area (Å²) < 4.78 is 4.52. The van der Waals surface area contributed by atoms with E-state index in [9.17, 15) is 4.79 Å². The molecule has 1 amide bonds. The molecule has 1 rings (SSSR count). The van der Waals surface area contributed by atoms with Gasteiger partial charge in [-0.3, -0.25) is 4.79 Å². The van der Waals surface area contributed by atoms with Crippen LogP contribution in [0.15, 0.2) is 16.9 Å². The second-order valence-corrected chi connectivity index (χ2v) is 2.39. The third-order valence-electron chi connectivity index (χ3n) is 1.47. The van der Waals surface area contributed by atoms with Crippen molar-refractivity contribution in [3.63, 3.8) is 0 Å². The van der Waals surface area contributed by atoms with Crippen LogP contribution < -0.4 is 11.1 Å². The molecule has 0 aromatic carbocycles. The average molecular weight is 169 g/mol. The molecule has 0 spiro atoms. The number of carbonyl (C=O) groups excluding carboxylic acids is 1. The summed E-state index contributed by atoms with van der Waals surface area (Å²) in [7, 11) is 0. The van der Waals surface area contributed by atoms with Crippen LogP contribution in [-0.2, 0) is 4.79 Å². The zero-order valence-electron chi connectivity index (χ0n) is 6.78. The van der Waals surface area contributed by atoms with E-state index in [0.717, 1.165) is 0 Å². The van der Waals surface area contributed by atoms with Crippen LogP contribution in [0.2, 0.25) is 0 Å². The van der Waals surface area contributed by atoms with E-state index < -0.39 is 6.04 Å². The first-order valence-corrected chi connectivity index (χ1v) is 3.71. The molecule has 1 atom stereocenters. The van der Waals surface area contributed by atoms with Gasteiger partial charge in [-0.15, -0.1) is 0 Å². The minimum absolute atomic E-state index is 0.244. The van der Waals surface area contributed by atoms with Gasteiger partial charge in [0.15, 0.2) is 5.82 Å². The van der Waals surface area contributed by atoms with E-state index in [1.807, 2.05) is 6.92 Å². The Morgan fingerprint density at radius 2 is 2.67 bits per heavy atom. The fraction of sp³-hybridized carbons (Fsp3) is 0.429. The van der Waals surface area contributed by atoms with Gasteiger partial charge in [0.25, 0.3) is 0 Å². The highest BCUT2D eigenvalue weighted by Gasteiger charge is 2.11. The summed E-state index contributed by atoms with van der Waals surface area (Å²) >= 11 is 0. The monoisotopic (exact) mass is 169 g/mol. The molecule has 12 heavy (non-hydrogen) atoms. The lowest BCUT2D eigenvalue weighted by molar-refractivity contribution is -0.117. The first-order valence-electron chi connectivity index (χ1n) is 3.71. The molecule has 1 heterocycles. The molecule has 0 aliphatic rings. The Bertz CT molecular complexity index is 245. The molecule has 0 aliphatic carbocycles. The van der Waals surface area contributed by atoms with Gasteiger partial charge in [0, 0.05) is 6.07 Å². The van der Waals surface area contributed by atoms with Crippen LogP contribution >= 0.6 is 0 Å². The van der Waals surface area contributed by atoms with E-state index in [1.54, 1.807) is 6.07 Å². The quantitative estimate of drug-likeness (QED) is 0.684. The van der Waals surface area contributed by atoms with Crippen molar-refractivity contribution in [2.45, 2.75) is 19.4 Å². The van der Waals surface area contributed by atoms with Crippen LogP contribution in [0.5, 0.6) is 0 Å². The largest absolute Gasteiger partial charge is 0.363 e. The highest BCUT2D eigenvalue weighted by atomic mass is 16.5. The number of anilines is 1. The van der Waals surface area contributed by atoms with Crippen LogP contribution in [-0.4, -0.2) is 17.1 Å². The lowest BCUT2D eigenvalue weighted by atomic mass is 10.2. The Hall–Kier alpha value is -1.36. The Balaban J connectivity index is 2.47. The molecule has 0 fully saturated rings. The van der Waals surface area contributed by atoms with E-state index >= 15 is 0 Å². The van der Waals surface area contributed by atoms with Crippen molar-refractivity contribution in [3.8, 4) is 0 Å². The number of hydrogen-bond acceptors (Lipinski definition) is 4. The molecular formula is C7H11N3O2. The standard InChI is InChI=1S/C7H11N3O2/c1-2-5(8)7(11)9-6-3-4-12-10-6/h3-5H,2,8H2,1H3,(H,9,10,11). The first kappa shape index (κ1) is 8.73. The Morgan fingerprint density at radius 3 is 3.17 bits per heavy atom. The van der Waals surface area contributed by atoms with Gasteiger partial charge in [0.2, 0.25) is 5.91 Å². The van der Waals surface area contributed by atoms with E-state index in [0.29, 0.717) is 12.2 Å². The van der Waals surface area contributed by atoms with Crippen molar-refractivity contribution in [2.75, 3.05) is 5.32 Å². The number of nitrogens with one attached hydrogen (secondary N) is 1. The molecule has 5 heteroatoms. The molecule has 1 aromatic rings. The van der Waals surface area contributed by atoms with Crippen LogP contribution in [0.25, 0.3) is 0 Å². The van der Waals surface area contributed by atoms with E-state index in [2.05, 4.69) is 15.0 Å². The van der Waals surface area contributed by atoms with Crippen molar-refractivity contribution in [1.82, 2.24) is 5.16 Å². The van der Waals surface area contributed by atoms with Crippen molar-refractivity contribution in [2.24, 2.45) is 5.73 Å². The Kier molecular flexibility index (Phi) is 2.82. The second-order valence-electron chi connectivity index (χ2n) is 2.39. The molecule has 3 N–H and O–H groups in total. The molecule has 5 nitrogen and oxygen atoms in total. The molecule has 0 radical (unpaired) electrons. The normalized spacial score (nSPS) is 12.5. The molecular weight excluding hydrogens is 158 g/mol. The van der Waals surface area contributed by atoms with Gasteiger partial charge in [-0.2, -0.15) is 0 Å². The topological polar surface area (TPSA) is 81.2 Å². The van der Waals surface area contributed by atoms with Crippen molar-refractivity contribution in [3.05, 3.63) is 12.3 Å². The maximum atomic E-state index is 11.1. The number of amides is 1. The van der Waals surface area contributed by atoms with Gasteiger partial charge in [0.1, 0.15) is 6.26 Å². The van der Waals surface area contributed by atoms with E-state index in [-0.39, 0.29) is 5.91 Å². The zero-order valence-corrected chi connectivity index (χ0v) is 6.78. The Morgan fingerprint density at radius 1 is 1.92 bits per heavy atom. The smallest absolute Gasteiger partial charge is 0.242 e. The zero-order chi connectivity index (χ0) is 8.97. The number of aromatic nitrogens is 1. The predicted octanol–water partition coefficient (Wildman–Crippen LogP) is 0.350. The summed E-state index contributed by atoms with van der Waals surface area (Å²) in [5, 5.41) is 6.01. The SMILES string of the molecule is CCC(N)C(=O)Nc1ccon1. The van der Waals surface area contributed by atoms with Crippen LogP contribution in [0, 0.1) is 0 Å². The summed E-state index contributed by atoms with van der Waals surface area (Å²) in [5.74, 6) is 0.148. The van der Waals surface area contributed by atoms with Gasteiger partial charge >= 0.3 is 0 Å². The van der Waals surface area contributed by atoms with Gasteiger partial charge in [-0.1, -0.05) is 12.1 Å². The predicted molar refractivity (Wildman–Crippen MR) is 43.4 cm³/mol. The van der Waals surface area contributed by atoms with Gasteiger partial charge in [0.05, 0.1) is 6.04 Å². The van der Waals surface area contributed by atoms with Crippen molar-refractivity contribution >= 4 is 11.7 Å². The maximum Gasteiger partial charge on any atom is 0.242 e. The molecule has 0 saturated carbocycles. The van der Waals surface area contributed by atoms with Gasteiger partial charge in [-0.05, 0) is 6.42 Å². The number of nitrogens with two attached hydrogens (primary N) is 1. The number of nitrogens with zero attached hydrogens (tertiary/aromatic N) is 1. The maximum absolute atomic E-state index is 11.1. The molecule has 0 bridgehead atoms. The number of carbonyl (C=O) groups is 1. The highest BCUT2D eigenvalue weighted by molar-refractivity contribution is 5.93. The van der Waals surface area contributed by atoms with Crippen molar-refractivity contribution in [1.29, 1.82) is 0 Å². The summed E-state index contributed by atoms with van der Waals surface area (Å²) in [6, 6.07) is 1.07. The van der Waals surface area contributed by atoms with E-state index in [1.165, 1.54) is 6.26 Å². The summed E-state index contributed by atoms with van der Waals surface area (Å²) in [6.45, 7) is 1.84. The van der Waals surface area contributed by atoms with Crippen molar-refractivity contribution < 1.29 is 9.32 Å². The van der Waals surface area contributed by atoms with Gasteiger partial charge < -0.3 is 15.6 Å². The molecule has 1 unspecified atom stereocenters. The number of hydrogen-bond donors (Lipinski definition) is 2. The number of rotatable bonds is 3. The minimum Gasteiger partial charge on any atom is -0.363 e. The summed E-state index contributed by atoms with van der Waals surface area (Å²) in [5.41, 5.74) is 5.46. The fourth-order valence-electron chi connectivity index (χ4n) is 0.681. The van der Waals surface area contributed by atoms with Gasteiger partial charge in [-0.25, -0.2) is 0 Å². The summed E-state index contributed by atoms with van der Waals surface area (Å²) in [4.78, 5) is 11.1. The lowest BCUT2D eigenvalue weighted by Crippen LogP contribution is -2.34.